The fraction of sp³-hybridized carbons (Fsp3) is 0.286. The predicted molar refractivity (Wildman–Crippen MR) is 77.4 cm³/mol. The van der Waals surface area contributed by atoms with Crippen LogP contribution in [0.3, 0.4) is 0 Å². The van der Waals surface area contributed by atoms with Gasteiger partial charge in [-0.3, -0.25) is 4.79 Å². The lowest BCUT2D eigenvalue weighted by atomic mass is 10.1. The van der Waals surface area contributed by atoms with Crippen molar-refractivity contribution in [2.24, 2.45) is 0 Å². The molecule has 1 aliphatic rings. The number of carbonyl (C=O) groups is 2. The third kappa shape index (κ3) is 2.55. The summed E-state index contributed by atoms with van der Waals surface area (Å²) in [5.41, 5.74) is 1.89. The highest BCUT2D eigenvalue weighted by Gasteiger charge is 2.30. The molecule has 0 saturated heterocycles. The van der Waals surface area contributed by atoms with Crippen LogP contribution < -0.4 is 0 Å². The van der Waals surface area contributed by atoms with Crippen LogP contribution in [0, 0.1) is 0 Å². The Morgan fingerprint density at radius 1 is 1.27 bits per heavy atom. The van der Waals surface area contributed by atoms with Gasteiger partial charge in [-0.15, -0.1) is 10.2 Å². The van der Waals surface area contributed by atoms with Crippen molar-refractivity contribution in [3.8, 4) is 0 Å². The molecule has 8 heteroatoms. The number of hydrogen-bond acceptors (Lipinski definition) is 5. The standard InChI is InChI=1S/C14H13ClN4O3/c1-2-22-14(21)12-11(16-18-17-12)13(20)19-6-8-3-4-10(15)5-9(8)7-19/h3-5H,2,6-7H2,1H3,(H,16,17,18). The zero-order chi connectivity index (χ0) is 15.7. The highest BCUT2D eigenvalue weighted by molar-refractivity contribution is 6.30. The van der Waals surface area contributed by atoms with Crippen LogP contribution in [-0.2, 0) is 17.8 Å². The Labute approximate surface area is 131 Å². The van der Waals surface area contributed by atoms with E-state index >= 15 is 0 Å². The number of rotatable bonds is 3. The van der Waals surface area contributed by atoms with Crippen LogP contribution in [0.4, 0.5) is 0 Å². The van der Waals surface area contributed by atoms with Crippen molar-refractivity contribution in [1.82, 2.24) is 20.3 Å². The van der Waals surface area contributed by atoms with Crippen LogP contribution in [-0.4, -0.2) is 38.8 Å². The number of aromatic nitrogens is 3. The fourth-order valence-corrected chi connectivity index (χ4v) is 2.57. The van der Waals surface area contributed by atoms with Gasteiger partial charge in [0.25, 0.3) is 5.91 Å². The summed E-state index contributed by atoms with van der Waals surface area (Å²) in [6.45, 7) is 2.75. The van der Waals surface area contributed by atoms with Crippen molar-refractivity contribution >= 4 is 23.5 Å². The molecule has 0 atom stereocenters. The van der Waals surface area contributed by atoms with Gasteiger partial charge in [-0.1, -0.05) is 17.7 Å². The van der Waals surface area contributed by atoms with Gasteiger partial charge >= 0.3 is 5.97 Å². The summed E-state index contributed by atoms with van der Waals surface area (Å²) in [5, 5.41) is 10.4. The molecule has 3 rings (SSSR count). The number of benzene rings is 1. The Kier molecular flexibility index (Phi) is 3.81. The average Bonchev–Trinajstić information content (AvgIpc) is 3.12. The predicted octanol–water partition coefficient (Wildman–Crippen LogP) is 1.79. The Balaban J connectivity index is 1.82. The molecule has 7 nitrogen and oxygen atoms in total. The van der Waals surface area contributed by atoms with Crippen molar-refractivity contribution in [1.29, 1.82) is 0 Å². The lowest BCUT2D eigenvalue weighted by molar-refractivity contribution is 0.0511. The molecule has 0 spiro atoms. The summed E-state index contributed by atoms with van der Waals surface area (Å²) >= 11 is 5.96. The van der Waals surface area contributed by atoms with E-state index in [2.05, 4.69) is 15.4 Å². The van der Waals surface area contributed by atoms with Gasteiger partial charge in [0.1, 0.15) is 0 Å². The molecule has 0 aliphatic carbocycles. The summed E-state index contributed by atoms with van der Waals surface area (Å²) in [7, 11) is 0. The largest absolute Gasteiger partial charge is 0.461 e. The second-order valence-corrected chi connectivity index (χ2v) is 5.25. The molecule has 1 amide bonds. The second kappa shape index (κ2) is 5.76. The zero-order valence-electron chi connectivity index (χ0n) is 11.8. The first-order valence-corrected chi connectivity index (χ1v) is 7.12. The molecule has 0 fully saturated rings. The minimum atomic E-state index is -0.667. The minimum absolute atomic E-state index is 0.0302. The van der Waals surface area contributed by atoms with Crippen LogP contribution in [0.15, 0.2) is 18.2 Å². The van der Waals surface area contributed by atoms with Gasteiger partial charge in [0.05, 0.1) is 6.61 Å². The summed E-state index contributed by atoms with van der Waals surface area (Å²) < 4.78 is 4.87. The van der Waals surface area contributed by atoms with Gasteiger partial charge in [-0.05, 0) is 30.2 Å². The molecule has 1 aliphatic heterocycles. The third-order valence-corrected chi connectivity index (χ3v) is 3.63. The first kappa shape index (κ1) is 14.5. The summed E-state index contributed by atoms with van der Waals surface area (Å²) in [4.78, 5) is 25.9. The Morgan fingerprint density at radius 2 is 2.00 bits per heavy atom. The van der Waals surface area contributed by atoms with Crippen molar-refractivity contribution in [3.05, 3.63) is 45.7 Å². The third-order valence-electron chi connectivity index (χ3n) is 3.40. The normalized spacial score (nSPS) is 13.1. The van der Waals surface area contributed by atoms with Crippen LogP contribution in [0.5, 0.6) is 0 Å². The van der Waals surface area contributed by atoms with E-state index in [4.69, 9.17) is 16.3 Å². The van der Waals surface area contributed by atoms with Crippen molar-refractivity contribution in [2.45, 2.75) is 20.0 Å². The van der Waals surface area contributed by atoms with Crippen LogP contribution in [0.25, 0.3) is 0 Å². The molecule has 0 radical (unpaired) electrons. The number of nitrogens with one attached hydrogen (secondary N) is 1. The maximum absolute atomic E-state index is 12.6. The van der Waals surface area contributed by atoms with Gasteiger partial charge in [-0.25, -0.2) is 4.79 Å². The Morgan fingerprint density at radius 3 is 2.77 bits per heavy atom. The summed E-state index contributed by atoms with van der Waals surface area (Å²) in [5.74, 6) is -1.04. The van der Waals surface area contributed by atoms with Crippen molar-refractivity contribution in [3.63, 3.8) is 0 Å². The fourth-order valence-electron chi connectivity index (χ4n) is 2.38. The summed E-state index contributed by atoms with van der Waals surface area (Å²) in [6.07, 6.45) is 0. The number of aromatic amines is 1. The molecule has 1 aromatic heterocycles. The van der Waals surface area contributed by atoms with Crippen molar-refractivity contribution < 1.29 is 14.3 Å². The maximum atomic E-state index is 12.6. The van der Waals surface area contributed by atoms with E-state index in [0.717, 1.165) is 11.1 Å². The van der Waals surface area contributed by atoms with Crippen molar-refractivity contribution in [2.75, 3.05) is 6.61 Å². The Hall–Kier alpha value is -2.41. The van der Waals surface area contributed by atoms with E-state index < -0.39 is 5.97 Å². The number of ether oxygens (including phenoxy) is 1. The Bertz CT molecular complexity index is 743. The molecular weight excluding hydrogens is 308 g/mol. The second-order valence-electron chi connectivity index (χ2n) is 4.82. The highest BCUT2D eigenvalue weighted by atomic mass is 35.5. The molecule has 1 N–H and O–H groups in total. The van der Waals surface area contributed by atoms with E-state index in [1.54, 1.807) is 17.9 Å². The molecule has 22 heavy (non-hydrogen) atoms. The lowest BCUT2D eigenvalue weighted by Gasteiger charge is -2.13. The number of hydrogen-bond donors (Lipinski definition) is 1. The molecule has 0 saturated carbocycles. The number of esters is 1. The smallest absolute Gasteiger partial charge is 0.361 e. The van der Waals surface area contributed by atoms with Gasteiger partial charge in [0.15, 0.2) is 5.69 Å². The van der Waals surface area contributed by atoms with Gasteiger partial charge < -0.3 is 9.64 Å². The molecule has 0 bridgehead atoms. The zero-order valence-corrected chi connectivity index (χ0v) is 12.6. The average molecular weight is 321 g/mol. The molecule has 114 valence electrons. The maximum Gasteiger partial charge on any atom is 0.361 e. The minimum Gasteiger partial charge on any atom is -0.461 e. The topological polar surface area (TPSA) is 88.2 Å². The first-order chi connectivity index (χ1) is 10.6. The summed E-state index contributed by atoms with van der Waals surface area (Å²) in [6, 6.07) is 5.51. The first-order valence-electron chi connectivity index (χ1n) is 6.74. The van der Waals surface area contributed by atoms with Gasteiger partial charge in [0, 0.05) is 18.1 Å². The number of nitrogens with zero attached hydrogens (tertiary/aromatic N) is 3. The number of H-pyrrole nitrogens is 1. The molecule has 1 aromatic carbocycles. The van der Waals surface area contributed by atoms with E-state index in [1.165, 1.54) is 0 Å². The number of amides is 1. The number of halogens is 1. The van der Waals surface area contributed by atoms with E-state index in [-0.39, 0.29) is 23.9 Å². The van der Waals surface area contributed by atoms with Gasteiger partial charge in [-0.2, -0.15) is 5.21 Å². The number of fused-ring (bicyclic) bond motifs is 1. The van der Waals surface area contributed by atoms with Gasteiger partial charge in [0.2, 0.25) is 5.69 Å². The molecule has 2 heterocycles. The molecular formula is C14H13ClN4O3. The van der Waals surface area contributed by atoms with Crippen LogP contribution in [0.2, 0.25) is 5.02 Å². The quantitative estimate of drug-likeness (QED) is 0.871. The number of carbonyl (C=O) groups excluding carboxylic acids is 2. The monoisotopic (exact) mass is 320 g/mol. The molecule has 2 aromatic rings. The lowest BCUT2D eigenvalue weighted by Crippen LogP contribution is -2.27. The van der Waals surface area contributed by atoms with E-state index in [1.807, 2.05) is 12.1 Å². The molecule has 0 unspecified atom stereocenters. The highest BCUT2D eigenvalue weighted by Crippen LogP contribution is 2.27. The van der Waals surface area contributed by atoms with Crippen LogP contribution >= 0.6 is 11.6 Å². The van der Waals surface area contributed by atoms with E-state index in [9.17, 15) is 9.59 Å². The SMILES string of the molecule is CCOC(=O)c1n[nH]nc1C(=O)N1Cc2ccc(Cl)cc2C1. The van der Waals surface area contributed by atoms with E-state index in [0.29, 0.717) is 18.1 Å². The van der Waals surface area contributed by atoms with Crippen LogP contribution in [0.1, 0.15) is 39.0 Å².